The molecule has 3 aliphatic rings. The van der Waals surface area contributed by atoms with Crippen molar-refractivity contribution in [1.29, 1.82) is 0 Å². The first-order valence-corrected chi connectivity index (χ1v) is 12.4. The molecule has 1 aromatic heterocycles. The third-order valence-electron chi connectivity index (χ3n) is 7.67. The van der Waals surface area contributed by atoms with Crippen LogP contribution in [0, 0.1) is 5.82 Å². The molecule has 2 aromatic carbocycles. The number of benzene rings is 2. The summed E-state index contributed by atoms with van der Waals surface area (Å²) < 4.78 is 16.7. The van der Waals surface area contributed by atoms with Crippen molar-refractivity contribution in [3.8, 4) is 0 Å². The van der Waals surface area contributed by atoms with Crippen LogP contribution in [0.1, 0.15) is 34.3 Å². The van der Waals surface area contributed by atoms with Crippen LogP contribution in [0.15, 0.2) is 42.6 Å². The van der Waals surface area contributed by atoms with Crippen molar-refractivity contribution in [2.45, 2.75) is 32.0 Å². The maximum absolute atomic E-state index is 14.6. The van der Waals surface area contributed by atoms with Crippen LogP contribution in [0.25, 0.3) is 10.9 Å². The minimum absolute atomic E-state index is 0.191. The number of anilines is 1. The lowest BCUT2D eigenvalue weighted by Crippen LogP contribution is -2.52. The highest BCUT2D eigenvalue weighted by molar-refractivity contribution is 6.06. The first-order chi connectivity index (χ1) is 17.4. The number of aromatic nitrogens is 1. The number of fused-ring (bicyclic) bond motifs is 2. The molecule has 0 radical (unpaired) electrons. The Balaban J connectivity index is 1.17. The number of aryl methyl sites for hydroxylation is 1. The molecule has 3 aromatic rings. The average Bonchev–Trinajstić information content (AvgIpc) is 3.39. The molecule has 0 aliphatic carbocycles. The van der Waals surface area contributed by atoms with Crippen molar-refractivity contribution in [3.05, 3.63) is 65.1 Å². The van der Waals surface area contributed by atoms with E-state index in [2.05, 4.69) is 50.1 Å². The lowest BCUT2D eigenvalue weighted by Gasteiger charge is -2.37. The summed E-state index contributed by atoms with van der Waals surface area (Å²) in [5.41, 5.74) is 4.27. The first kappa shape index (κ1) is 22.7. The van der Waals surface area contributed by atoms with E-state index in [0.717, 1.165) is 44.0 Å². The van der Waals surface area contributed by atoms with Crippen molar-refractivity contribution in [2.75, 3.05) is 31.1 Å². The summed E-state index contributed by atoms with van der Waals surface area (Å²) in [6.07, 6.45) is 2.54. The summed E-state index contributed by atoms with van der Waals surface area (Å²) >= 11 is 0. The van der Waals surface area contributed by atoms with Gasteiger partial charge in [-0.1, -0.05) is 12.1 Å². The van der Waals surface area contributed by atoms with E-state index in [1.165, 1.54) is 33.5 Å². The number of hydrogen-bond acceptors (Lipinski definition) is 5. The predicted molar refractivity (Wildman–Crippen MR) is 133 cm³/mol. The van der Waals surface area contributed by atoms with E-state index < -0.39 is 17.8 Å². The molecule has 3 aliphatic heterocycles. The highest BCUT2D eigenvalue weighted by Gasteiger charge is 2.41. The van der Waals surface area contributed by atoms with E-state index >= 15 is 0 Å². The van der Waals surface area contributed by atoms with E-state index in [4.69, 9.17) is 0 Å². The summed E-state index contributed by atoms with van der Waals surface area (Å²) in [6, 6.07) is 10.7. The molecule has 1 atom stereocenters. The number of halogens is 1. The minimum Gasteiger partial charge on any atom is -0.369 e. The van der Waals surface area contributed by atoms with Crippen LogP contribution in [0.2, 0.25) is 0 Å². The number of amides is 3. The fourth-order valence-electron chi connectivity index (χ4n) is 5.70. The summed E-state index contributed by atoms with van der Waals surface area (Å²) in [6.45, 7) is 4.16. The van der Waals surface area contributed by atoms with Gasteiger partial charge in [0.15, 0.2) is 0 Å². The largest absolute Gasteiger partial charge is 0.369 e. The topological polar surface area (TPSA) is 77.9 Å². The van der Waals surface area contributed by atoms with Crippen LogP contribution < -0.4 is 10.2 Å². The molecular weight excluding hydrogens is 461 g/mol. The van der Waals surface area contributed by atoms with Gasteiger partial charge in [0.25, 0.3) is 5.91 Å². The Morgan fingerprint density at radius 1 is 1.03 bits per heavy atom. The lowest BCUT2D eigenvalue weighted by atomic mass is 10.0. The van der Waals surface area contributed by atoms with Gasteiger partial charge in [-0.2, -0.15) is 0 Å². The number of imide groups is 1. The Labute approximate surface area is 208 Å². The second-order valence-corrected chi connectivity index (χ2v) is 9.93. The summed E-state index contributed by atoms with van der Waals surface area (Å²) in [5, 5.41) is 3.54. The molecule has 1 unspecified atom stereocenters. The second-order valence-electron chi connectivity index (χ2n) is 9.93. The van der Waals surface area contributed by atoms with Crippen LogP contribution in [0.4, 0.5) is 10.1 Å². The molecule has 0 bridgehead atoms. The number of nitrogens with zero attached hydrogens (tertiary/aromatic N) is 4. The third-order valence-corrected chi connectivity index (χ3v) is 7.67. The van der Waals surface area contributed by atoms with Crippen molar-refractivity contribution in [2.24, 2.45) is 7.05 Å². The number of hydrogen-bond donors (Lipinski definition) is 1. The van der Waals surface area contributed by atoms with Gasteiger partial charge in [-0.25, -0.2) is 4.39 Å². The quantitative estimate of drug-likeness (QED) is 0.570. The Bertz CT molecular complexity index is 1390. The number of carbonyl (C=O) groups is 3. The zero-order valence-corrected chi connectivity index (χ0v) is 20.2. The molecule has 6 rings (SSSR count). The monoisotopic (exact) mass is 489 g/mol. The Hall–Kier alpha value is -3.72. The summed E-state index contributed by atoms with van der Waals surface area (Å²) in [4.78, 5) is 43.1. The molecule has 1 N–H and O–H groups in total. The molecule has 186 valence electrons. The van der Waals surface area contributed by atoms with Gasteiger partial charge >= 0.3 is 0 Å². The number of nitrogens with one attached hydrogen (secondary N) is 1. The fraction of sp³-hybridized carbons (Fsp3) is 0.370. The van der Waals surface area contributed by atoms with Gasteiger partial charge in [0, 0.05) is 81.3 Å². The van der Waals surface area contributed by atoms with E-state index in [1.807, 2.05) is 7.05 Å². The van der Waals surface area contributed by atoms with Crippen LogP contribution in [0.3, 0.4) is 0 Å². The van der Waals surface area contributed by atoms with Gasteiger partial charge in [0.1, 0.15) is 11.9 Å². The van der Waals surface area contributed by atoms with Crippen molar-refractivity contribution >= 4 is 34.3 Å². The maximum Gasteiger partial charge on any atom is 0.255 e. The summed E-state index contributed by atoms with van der Waals surface area (Å²) in [7, 11) is 2.05. The molecule has 4 heterocycles. The van der Waals surface area contributed by atoms with Gasteiger partial charge in [-0.05, 0) is 41.6 Å². The van der Waals surface area contributed by atoms with E-state index in [1.54, 1.807) is 0 Å². The first-order valence-electron chi connectivity index (χ1n) is 12.4. The minimum atomic E-state index is -0.711. The standard InChI is InChI=1S/C27H28FN5O3/c1-30-7-6-18-3-2-17(12-23(18)30)15-31-8-10-32(11-9-31)24-14-19(28)13-20-21(24)16-33(27(20)36)22-4-5-25(34)29-26(22)35/h2-3,6-7,12-14,22H,4-5,8-11,15-16H2,1H3,(H,29,34,35). The highest BCUT2D eigenvalue weighted by Crippen LogP contribution is 2.35. The van der Waals surface area contributed by atoms with Crippen molar-refractivity contribution < 1.29 is 18.8 Å². The molecule has 9 heteroatoms. The molecule has 2 saturated heterocycles. The van der Waals surface area contributed by atoms with Gasteiger partial charge in [0.05, 0.1) is 0 Å². The molecule has 2 fully saturated rings. The SMILES string of the molecule is Cn1ccc2ccc(CN3CCN(c4cc(F)cc5c4CN(C4CCC(=O)NC4=O)C5=O)CC3)cc21. The third kappa shape index (κ3) is 3.93. The molecule has 8 nitrogen and oxygen atoms in total. The molecule has 3 amide bonds. The van der Waals surface area contributed by atoms with Gasteiger partial charge < -0.3 is 14.4 Å². The zero-order chi connectivity index (χ0) is 25.0. The summed E-state index contributed by atoms with van der Waals surface area (Å²) in [5.74, 6) is -1.60. The fourth-order valence-corrected chi connectivity index (χ4v) is 5.70. The number of piperazine rings is 1. The van der Waals surface area contributed by atoms with Crippen LogP contribution in [-0.4, -0.2) is 64.3 Å². The Morgan fingerprint density at radius 2 is 1.83 bits per heavy atom. The van der Waals surface area contributed by atoms with Crippen LogP contribution in [-0.2, 0) is 29.7 Å². The van der Waals surface area contributed by atoms with Gasteiger partial charge in [-0.15, -0.1) is 0 Å². The van der Waals surface area contributed by atoms with E-state index in [9.17, 15) is 18.8 Å². The number of rotatable bonds is 4. The molecule has 36 heavy (non-hydrogen) atoms. The van der Waals surface area contributed by atoms with Gasteiger partial charge in [0.2, 0.25) is 11.8 Å². The van der Waals surface area contributed by atoms with Crippen molar-refractivity contribution in [1.82, 2.24) is 19.7 Å². The second kappa shape index (κ2) is 8.74. The van der Waals surface area contributed by atoms with E-state index in [0.29, 0.717) is 5.56 Å². The lowest BCUT2D eigenvalue weighted by molar-refractivity contribution is -0.136. The number of carbonyl (C=O) groups excluding carboxylic acids is 3. The Morgan fingerprint density at radius 3 is 2.61 bits per heavy atom. The van der Waals surface area contributed by atoms with Crippen molar-refractivity contribution in [3.63, 3.8) is 0 Å². The van der Waals surface area contributed by atoms with Gasteiger partial charge in [-0.3, -0.25) is 24.6 Å². The molecule has 0 spiro atoms. The Kier molecular flexibility index (Phi) is 5.52. The number of piperidine rings is 1. The average molecular weight is 490 g/mol. The van der Waals surface area contributed by atoms with Crippen LogP contribution >= 0.6 is 0 Å². The normalized spacial score (nSPS) is 20.8. The molecule has 0 saturated carbocycles. The predicted octanol–water partition coefficient (Wildman–Crippen LogP) is 2.40. The molecular formula is C27H28FN5O3. The highest BCUT2D eigenvalue weighted by atomic mass is 19.1. The zero-order valence-electron chi connectivity index (χ0n) is 20.2. The smallest absolute Gasteiger partial charge is 0.255 e. The van der Waals surface area contributed by atoms with E-state index in [-0.39, 0.29) is 31.2 Å². The van der Waals surface area contributed by atoms with Crippen LogP contribution in [0.5, 0.6) is 0 Å². The maximum atomic E-state index is 14.6.